The van der Waals surface area contributed by atoms with Crippen molar-refractivity contribution in [3.8, 4) is 0 Å². The Hall–Kier alpha value is -2.30. The molecular formula is C18H22N2O3. The molecule has 2 aromatic rings. The van der Waals surface area contributed by atoms with Crippen molar-refractivity contribution in [1.29, 1.82) is 0 Å². The molecule has 2 atom stereocenters. The summed E-state index contributed by atoms with van der Waals surface area (Å²) in [5.41, 5.74) is -0.156. The molecule has 5 nitrogen and oxygen atoms in total. The molecule has 0 radical (unpaired) electrons. The summed E-state index contributed by atoms with van der Waals surface area (Å²) in [6.45, 7) is 4.88. The number of furan rings is 1. The third kappa shape index (κ3) is 3.38. The third-order valence-corrected chi connectivity index (χ3v) is 4.48. The summed E-state index contributed by atoms with van der Waals surface area (Å²) in [6.07, 6.45) is 3.52. The average molecular weight is 314 g/mol. The number of pyridine rings is 1. The Balaban J connectivity index is 1.82. The van der Waals surface area contributed by atoms with E-state index in [0.29, 0.717) is 12.5 Å². The van der Waals surface area contributed by atoms with E-state index in [1.165, 1.54) is 10.6 Å². The van der Waals surface area contributed by atoms with Gasteiger partial charge in [-0.05, 0) is 43.9 Å². The number of nitrogens with zero attached hydrogens (tertiary/aromatic N) is 2. The lowest BCUT2D eigenvalue weighted by molar-refractivity contribution is -0.137. The number of hydrogen-bond donors (Lipinski definition) is 0. The van der Waals surface area contributed by atoms with E-state index in [1.807, 2.05) is 24.0 Å². The van der Waals surface area contributed by atoms with E-state index in [9.17, 15) is 9.59 Å². The first-order chi connectivity index (χ1) is 11.0. The van der Waals surface area contributed by atoms with Crippen LogP contribution in [0.4, 0.5) is 0 Å². The van der Waals surface area contributed by atoms with Gasteiger partial charge in [-0.2, -0.15) is 0 Å². The molecule has 1 aliphatic heterocycles. The largest absolute Gasteiger partial charge is 0.464 e. The fourth-order valence-corrected chi connectivity index (χ4v) is 3.17. The van der Waals surface area contributed by atoms with Crippen molar-refractivity contribution < 1.29 is 9.21 Å². The highest BCUT2D eigenvalue weighted by atomic mass is 16.3. The summed E-state index contributed by atoms with van der Waals surface area (Å²) in [7, 11) is 0. The number of likely N-dealkylation sites (tertiary alicyclic amines) is 1. The van der Waals surface area contributed by atoms with Gasteiger partial charge in [-0.15, -0.1) is 0 Å². The summed E-state index contributed by atoms with van der Waals surface area (Å²) in [4.78, 5) is 26.4. The van der Waals surface area contributed by atoms with Gasteiger partial charge in [0.25, 0.3) is 5.56 Å². The zero-order chi connectivity index (χ0) is 16.4. The lowest BCUT2D eigenvalue weighted by Crippen LogP contribution is -2.43. The van der Waals surface area contributed by atoms with Gasteiger partial charge in [0.05, 0.1) is 6.04 Å². The SMILES string of the molecule is Cc1ccc(C2CC(C)CCN2C(=O)Cn2ccccc2=O)o1. The highest BCUT2D eigenvalue weighted by Crippen LogP contribution is 2.35. The van der Waals surface area contributed by atoms with Crippen LogP contribution in [0, 0.1) is 12.8 Å². The van der Waals surface area contributed by atoms with Crippen LogP contribution in [0.2, 0.25) is 0 Å². The number of aryl methyl sites for hydroxylation is 1. The second-order valence-electron chi connectivity index (χ2n) is 6.35. The van der Waals surface area contributed by atoms with E-state index in [-0.39, 0.29) is 24.1 Å². The standard InChI is InChI=1S/C18H22N2O3/c1-13-8-10-20(15(11-13)16-7-6-14(2)23-16)18(22)12-19-9-4-3-5-17(19)21/h3-7,9,13,15H,8,10-12H2,1-2H3. The lowest BCUT2D eigenvalue weighted by atomic mass is 9.91. The molecule has 3 heterocycles. The van der Waals surface area contributed by atoms with Crippen LogP contribution in [0.1, 0.15) is 37.3 Å². The summed E-state index contributed by atoms with van der Waals surface area (Å²) in [6, 6.07) is 8.75. The number of hydrogen-bond acceptors (Lipinski definition) is 3. The number of piperidine rings is 1. The molecule has 1 aliphatic rings. The second kappa shape index (κ2) is 6.44. The Morgan fingerprint density at radius 2 is 2.13 bits per heavy atom. The van der Waals surface area contributed by atoms with Gasteiger partial charge in [0.2, 0.25) is 5.91 Å². The Kier molecular flexibility index (Phi) is 4.37. The highest BCUT2D eigenvalue weighted by Gasteiger charge is 2.32. The maximum atomic E-state index is 12.7. The van der Waals surface area contributed by atoms with Gasteiger partial charge in [0, 0.05) is 18.8 Å². The van der Waals surface area contributed by atoms with E-state index < -0.39 is 0 Å². The molecule has 0 N–H and O–H groups in total. The lowest BCUT2D eigenvalue weighted by Gasteiger charge is -2.37. The molecule has 0 aromatic carbocycles. The minimum absolute atomic E-state index is 0.0377. The molecule has 0 saturated carbocycles. The fourth-order valence-electron chi connectivity index (χ4n) is 3.17. The van der Waals surface area contributed by atoms with Crippen molar-refractivity contribution in [2.75, 3.05) is 6.54 Å². The van der Waals surface area contributed by atoms with Gasteiger partial charge in [-0.25, -0.2) is 0 Å². The third-order valence-electron chi connectivity index (χ3n) is 4.48. The molecule has 0 spiro atoms. The Bertz CT molecular complexity index is 746. The molecule has 0 aliphatic carbocycles. The van der Waals surface area contributed by atoms with Crippen molar-refractivity contribution in [3.63, 3.8) is 0 Å². The molecule has 1 fully saturated rings. The van der Waals surface area contributed by atoms with E-state index in [0.717, 1.165) is 24.4 Å². The van der Waals surface area contributed by atoms with Crippen molar-refractivity contribution in [1.82, 2.24) is 9.47 Å². The molecule has 23 heavy (non-hydrogen) atoms. The van der Waals surface area contributed by atoms with Gasteiger partial charge >= 0.3 is 0 Å². The number of amides is 1. The van der Waals surface area contributed by atoms with Crippen molar-refractivity contribution in [3.05, 3.63) is 58.4 Å². The fraction of sp³-hybridized carbons (Fsp3) is 0.444. The molecule has 1 amide bonds. The first-order valence-electron chi connectivity index (χ1n) is 8.06. The summed E-state index contributed by atoms with van der Waals surface area (Å²) >= 11 is 0. The van der Waals surface area contributed by atoms with Gasteiger partial charge in [-0.3, -0.25) is 9.59 Å². The van der Waals surface area contributed by atoms with Gasteiger partial charge in [0.15, 0.2) is 0 Å². The molecular weight excluding hydrogens is 292 g/mol. The van der Waals surface area contributed by atoms with Gasteiger partial charge in [0.1, 0.15) is 18.1 Å². The Labute approximate surface area is 135 Å². The summed E-state index contributed by atoms with van der Waals surface area (Å²) in [5.74, 6) is 2.20. The summed E-state index contributed by atoms with van der Waals surface area (Å²) in [5, 5.41) is 0. The Morgan fingerprint density at radius 3 is 2.83 bits per heavy atom. The topological polar surface area (TPSA) is 55.5 Å². The maximum Gasteiger partial charge on any atom is 0.250 e. The number of carbonyl (C=O) groups is 1. The van der Waals surface area contributed by atoms with Crippen LogP contribution >= 0.6 is 0 Å². The molecule has 1 saturated heterocycles. The molecule has 2 aromatic heterocycles. The minimum atomic E-state index is -0.156. The predicted molar refractivity (Wildman–Crippen MR) is 87.0 cm³/mol. The van der Waals surface area contributed by atoms with Crippen LogP contribution in [0.25, 0.3) is 0 Å². The van der Waals surface area contributed by atoms with E-state index in [1.54, 1.807) is 18.3 Å². The van der Waals surface area contributed by atoms with E-state index >= 15 is 0 Å². The smallest absolute Gasteiger partial charge is 0.250 e. The first kappa shape index (κ1) is 15.6. The van der Waals surface area contributed by atoms with Gasteiger partial charge < -0.3 is 13.9 Å². The second-order valence-corrected chi connectivity index (χ2v) is 6.35. The molecule has 5 heteroatoms. The van der Waals surface area contributed by atoms with Crippen LogP contribution < -0.4 is 5.56 Å². The van der Waals surface area contributed by atoms with Crippen LogP contribution in [0.15, 0.2) is 45.7 Å². The quantitative estimate of drug-likeness (QED) is 0.875. The van der Waals surface area contributed by atoms with Crippen LogP contribution in [-0.4, -0.2) is 21.9 Å². The monoisotopic (exact) mass is 314 g/mol. The molecule has 122 valence electrons. The molecule has 0 bridgehead atoms. The number of rotatable bonds is 3. The average Bonchev–Trinajstić information content (AvgIpc) is 2.96. The van der Waals surface area contributed by atoms with Crippen molar-refractivity contribution in [2.45, 2.75) is 39.3 Å². The molecule has 2 unspecified atom stereocenters. The number of carbonyl (C=O) groups excluding carboxylic acids is 1. The van der Waals surface area contributed by atoms with Gasteiger partial charge in [-0.1, -0.05) is 13.0 Å². The van der Waals surface area contributed by atoms with Crippen LogP contribution in [-0.2, 0) is 11.3 Å². The van der Waals surface area contributed by atoms with Crippen LogP contribution in [0.3, 0.4) is 0 Å². The highest BCUT2D eigenvalue weighted by molar-refractivity contribution is 5.76. The Morgan fingerprint density at radius 1 is 1.30 bits per heavy atom. The van der Waals surface area contributed by atoms with E-state index in [4.69, 9.17) is 4.42 Å². The summed E-state index contributed by atoms with van der Waals surface area (Å²) < 4.78 is 7.21. The zero-order valence-electron chi connectivity index (χ0n) is 13.6. The minimum Gasteiger partial charge on any atom is -0.464 e. The predicted octanol–water partition coefficient (Wildman–Crippen LogP) is 2.75. The normalized spacial score (nSPS) is 21.4. The molecule has 3 rings (SSSR count). The first-order valence-corrected chi connectivity index (χ1v) is 8.06. The zero-order valence-corrected chi connectivity index (χ0v) is 13.6. The van der Waals surface area contributed by atoms with E-state index in [2.05, 4.69) is 6.92 Å². The van der Waals surface area contributed by atoms with Crippen molar-refractivity contribution in [2.24, 2.45) is 5.92 Å². The number of aromatic nitrogens is 1. The maximum absolute atomic E-state index is 12.7. The van der Waals surface area contributed by atoms with Crippen LogP contribution in [0.5, 0.6) is 0 Å². The van der Waals surface area contributed by atoms with Crippen molar-refractivity contribution >= 4 is 5.91 Å².